The molecule has 1 aromatic carbocycles. The highest BCUT2D eigenvalue weighted by Crippen LogP contribution is 2.34. The summed E-state index contributed by atoms with van der Waals surface area (Å²) in [5.74, 6) is 0.131. The molecule has 1 saturated heterocycles. The Bertz CT molecular complexity index is 581. The Labute approximate surface area is 145 Å². The number of ether oxygens (including phenoxy) is 1. The van der Waals surface area contributed by atoms with Crippen LogP contribution in [0.3, 0.4) is 0 Å². The molecule has 132 valence electrons. The predicted molar refractivity (Wildman–Crippen MR) is 97.3 cm³/mol. The molecule has 2 aliphatic rings. The first-order valence-corrected chi connectivity index (χ1v) is 9.42. The summed E-state index contributed by atoms with van der Waals surface area (Å²) in [5.41, 5.74) is 9.87. The van der Waals surface area contributed by atoms with E-state index >= 15 is 0 Å². The number of benzene rings is 1. The second-order valence-corrected chi connectivity index (χ2v) is 7.33. The van der Waals surface area contributed by atoms with E-state index in [4.69, 9.17) is 10.5 Å². The zero-order valence-electron chi connectivity index (χ0n) is 15.0. The molecule has 0 radical (unpaired) electrons. The average Bonchev–Trinajstić information content (AvgIpc) is 3.19. The van der Waals surface area contributed by atoms with Gasteiger partial charge in [0.15, 0.2) is 0 Å². The number of nitrogens with two attached hydrogens (primary N) is 1. The molecule has 0 spiro atoms. The maximum absolute atomic E-state index is 12.8. The van der Waals surface area contributed by atoms with Gasteiger partial charge in [-0.15, -0.1) is 0 Å². The number of nitrogens with zero attached hydrogens (tertiary/aromatic N) is 1. The van der Waals surface area contributed by atoms with Crippen LogP contribution in [0.2, 0.25) is 0 Å². The highest BCUT2D eigenvalue weighted by molar-refractivity contribution is 5.99. The minimum Gasteiger partial charge on any atom is -0.368 e. The Morgan fingerprint density at radius 1 is 1.46 bits per heavy atom. The number of unbranched alkanes of at least 4 members (excludes halogenated alkanes) is 1. The average molecular weight is 330 g/mol. The van der Waals surface area contributed by atoms with Crippen molar-refractivity contribution in [3.8, 4) is 0 Å². The summed E-state index contributed by atoms with van der Waals surface area (Å²) in [6.07, 6.45) is 6.88. The van der Waals surface area contributed by atoms with Crippen molar-refractivity contribution in [3.63, 3.8) is 0 Å². The normalized spacial score (nSPS) is 24.2. The van der Waals surface area contributed by atoms with Crippen LogP contribution in [-0.4, -0.2) is 30.7 Å². The number of anilines is 1. The molecule has 3 rings (SSSR count). The van der Waals surface area contributed by atoms with Crippen molar-refractivity contribution >= 4 is 11.6 Å². The summed E-state index contributed by atoms with van der Waals surface area (Å²) >= 11 is 0. The summed E-state index contributed by atoms with van der Waals surface area (Å²) in [4.78, 5) is 14.7. The molecule has 0 aromatic heterocycles. The molecule has 24 heavy (non-hydrogen) atoms. The molecule has 1 aromatic rings. The minimum atomic E-state index is -0.249. The van der Waals surface area contributed by atoms with Gasteiger partial charge >= 0.3 is 0 Å². The summed E-state index contributed by atoms with van der Waals surface area (Å²) in [6.45, 7) is 5.03. The Morgan fingerprint density at radius 2 is 2.29 bits per heavy atom. The number of carbonyl (C=O) groups is 1. The molecule has 1 amide bonds. The summed E-state index contributed by atoms with van der Waals surface area (Å²) in [6, 6.07) is 6.93. The number of carbonyl (C=O) groups excluding carboxylic acids is 1. The minimum absolute atomic E-state index is 0.131. The molecule has 4 heteroatoms. The lowest BCUT2D eigenvalue weighted by Gasteiger charge is -2.25. The molecule has 2 N–H and O–H groups in total. The highest BCUT2D eigenvalue weighted by Gasteiger charge is 2.36. The first kappa shape index (κ1) is 17.4. The fraction of sp³-hybridized carbons (Fsp3) is 0.650. The van der Waals surface area contributed by atoms with Gasteiger partial charge in [-0.3, -0.25) is 4.79 Å². The fourth-order valence-electron chi connectivity index (χ4n) is 3.95. The molecule has 0 saturated carbocycles. The van der Waals surface area contributed by atoms with Crippen molar-refractivity contribution < 1.29 is 9.53 Å². The Morgan fingerprint density at radius 3 is 3.00 bits per heavy atom. The number of hydrogen-bond donors (Lipinski definition) is 1. The van der Waals surface area contributed by atoms with Gasteiger partial charge in [0, 0.05) is 24.4 Å². The van der Waals surface area contributed by atoms with Crippen molar-refractivity contribution in [3.05, 3.63) is 29.3 Å². The quantitative estimate of drug-likeness (QED) is 0.871. The molecular formula is C20H30N2O2. The standard InChI is InChI=1S/C20H30N2O2/c1-3-4-6-17(21)13-15-8-9-18-16(12-15)11-14(2)22(18)20(23)19-7-5-10-24-19/h8-9,12,14,17,19H,3-7,10-11,13,21H2,1-2H3. The van der Waals surface area contributed by atoms with Gasteiger partial charge in [-0.1, -0.05) is 31.9 Å². The lowest BCUT2D eigenvalue weighted by atomic mass is 9.99. The van der Waals surface area contributed by atoms with Gasteiger partial charge in [-0.05, 0) is 56.2 Å². The SMILES string of the molecule is CCCCC(N)Cc1ccc2c(c1)CC(C)N2C(=O)C1CCCO1. The third-order valence-electron chi connectivity index (χ3n) is 5.23. The number of rotatable bonds is 6. The zero-order chi connectivity index (χ0) is 17.1. The van der Waals surface area contributed by atoms with Crippen LogP contribution in [0.25, 0.3) is 0 Å². The van der Waals surface area contributed by atoms with E-state index in [2.05, 4.69) is 32.0 Å². The molecular weight excluding hydrogens is 300 g/mol. The topological polar surface area (TPSA) is 55.6 Å². The zero-order valence-corrected chi connectivity index (χ0v) is 15.0. The van der Waals surface area contributed by atoms with E-state index in [9.17, 15) is 4.79 Å². The van der Waals surface area contributed by atoms with E-state index in [0.29, 0.717) is 6.61 Å². The second kappa shape index (κ2) is 7.66. The van der Waals surface area contributed by atoms with E-state index in [0.717, 1.165) is 37.8 Å². The predicted octanol–water partition coefficient (Wildman–Crippen LogP) is 3.20. The van der Waals surface area contributed by atoms with Gasteiger partial charge in [0.2, 0.25) is 0 Å². The smallest absolute Gasteiger partial charge is 0.256 e. The third kappa shape index (κ3) is 3.65. The van der Waals surface area contributed by atoms with Crippen LogP contribution in [0.15, 0.2) is 18.2 Å². The first-order chi connectivity index (χ1) is 11.6. The van der Waals surface area contributed by atoms with Crippen LogP contribution >= 0.6 is 0 Å². The van der Waals surface area contributed by atoms with Crippen molar-refractivity contribution in [2.75, 3.05) is 11.5 Å². The summed E-state index contributed by atoms with van der Waals surface area (Å²) in [5, 5.41) is 0. The lowest BCUT2D eigenvalue weighted by molar-refractivity contribution is -0.127. The monoisotopic (exact) mass is 330 g/mol. The summed E-state index contributed by atoms with van der Waals surface area (Å²) < 4.78 is 5.60. The Balaban J connectivity index is 1.72. The third-order valence-corrected chi connectivity index (χ3v) is 5.23. The van der Waals surface area contributed by atoms with Crippen LogP contribution in [0.5, 0.6) is 0 Å². The van der Waals surface area contributed by atoms with E-state index in [-0.39, 0.29) is 24.1 Å². The van der Waals surface area contributed by atoms with Crippen LogP contribution in [0, 0.1) is 0 Å². The van der Waals surface area contributed by atoms with Crippen molar-refractivity contribution in [2.24, 2.45) is 5.73 Å². The van der Waals surface area contributed by atoms with E-state index in [1.54, 1.807) is 0 Å². The second-order valence-electron chi connectivity index (χ2n) is 7.33. The van der Waals surface area contributed by atoms with Crippen molar-refractivity contribution in [1.29, 1.82) is 0 Å². The van der Waals surface area contributed by atoms with E-state index < -0.39 is 0 Å². The van der Waals surface area contributed by atoms with Crippen molar-refractivity contribution in [2.45, 2.75) is 77.0 Å². The van der Waals surface area contributed by atoms with Crippen LogP contribution < -0.4 is 10.6 Å². The van der Waals surface area contributed by atoms with Gasteiger partial charge in [-0.25, -0.2) is 0 Å². The van der Waals surface area contributed by atoms with E-state index in [1.807, 2.05) is 4.90 Å². The highest BCUT2D eigenvalue weighted by atomic mass is 16.5. The van der Waals surface area contributed by atoms with Crippen molar-refractivity contribution in [1.82, 2.24) is 0 Å². The molecule has 0 aliphatic carbocycles. The number of hydrogen-bond acceptors (Lipinski definition) is 3. The van der Waals surface area contributed by atoms with Crippen LogP contribution in [-0.2, 0) is 22.4 Å². The molecule has 0 bridgehead atoms. The Kier molecular flexibility index (Phi) is 5.57. The molecule has 4 nitrogen and oxygen atoms in total. The van der Waals surface area contributed by atoms with Gasteiger partial charge in [0.1, 0.15) is 6.10 Å². The van der Waals surface area contributed by atoms with Gasteiger partial charge in [-0.2, -0.15) is 0 Å². The fourth-order valence-corrected chi connectivity index (χ4v) is 3.95. The first-order valence-electron chi connectivity index (χ1n) is 9.42. The summed E-state index contributed by atoms with van der Waals surface area (Å²) in [7, 11) is 0. The molecule has 1 fully saturated rings. The molecule has 2 aliphatic heterocycles. The molecule has 3 atom stereocenters. The van der Waals surface area contributed by atoms with Gasteiger partial charge in [0.05, 0.1) is 0 Å². The largest absolute Gasteiger partial charge is 0.368 e. The molecule has 2 heterocycles. The van der Waals surface area contributed by atoms with Crippen LogP contribution in [0.1, 0.15) is 57.1 Å². The van der Waals surface area contributed by atoms with E-state index in [1.165, 1.54) is 24.0 Å². The Hall–Kier alpha value is -1.39. The maximum atomic E-state index is 12.8. The van der Waals surface area contributed by atoms with Gasteiger partial charge < -0.3 is 15.4 Å². The number of fused-ring (bicyclic) bond motifs is 1. The molecule has 3 unspecified atom stereocenters. The van der Waals surface area contributed by atoms with Crippen LogP contribution in [0.4, 0.5) is 5.69 Å². The maximum Gasteiger partial charge on any atom is 0.256 e. The lowest BCUT2D eigenvalue weighted by Crippen LogP contribution is -2.42. The van der Waals surface area contributed by atoms with Gasteiger partial charge in [0.25, 0.3) is 5.91 Å². The number of amides is 1.